The molecule has 0 bridgehead atoms. The number of carbonyl (C=O) groups excluding carboxylic acids is 2. The molecule has 1 aliphatic rings. The number of carbonyl (C=O) groups is 2. The molecular formula is C29H34FN3O8. The zero-order valence-electron chi connectivity index (χ0n) is 23.4. The van der Waals surface area contributed by atoms with Crippen molar-refractivity contribution < 1.29 is 38.2 Å². The monoisotopic (exact) mass is 571 g/mol. The minimum Gasteiger partial charge on any atom is -0.491 e. The number of nitro groups is 1. The highest BCUT2D eigenvalue weighted by molar-refractivity contribution is 5.99. The van der Waals surface area contributed by atoms with Crippen LogP contribution in [0.4, 0.5) is 10.1 Å². The quantitative estimate of drug-likeness (QED) is 0.141. The second-order valence-corrected chi connectivity index (χ2v) is 9.55. The van der Waals surface area contributed by atoms with Crippen LogP contribution in [0, 0.1) is 22.9 Å². The van der Waals surface area contributed by atoms with Crippen molar-refractivity contribution in [1.29, 1.82) is 0 Å². The molecule has 220 valence electrons. The van der Waals surface area contributed by atoms with Crippen LogP contribution >= 0.6 is 0 Å². The summed E-state index contributed by atoms with van der Waals surface area (Å²) in [6.45, 7) is 5.75. The summed E-state index contributed by atoms with van der Waals surface area (Å²) >= 11 is 0. The number of hydrogen-bond donors (Lipinski definition) is 3. The lowest BCUT2D eigenvalue weighted by Crippen LogP contribution is -2.33. The van der Waals surface area contributed by atoms with Crippen molar-refractivity contribution in [2.24, 2.45) is 0 Å². The number of dihydropyridines is 1. The number of non-ortho nitro benzene ring substituents is 1. The summed E-state index contributed by atoms with van der Waals surface area (Å²) in [4.78, 5) is 36.8. The molecule has 1 aliphatic heterocycles. The maximum Gasteiger partial charge on any atom is 0.336 e. The van der Waals surface area contributed by atoms with Crippen molar-refractivity contribution in [2.45, 2.75) is 39.2 Å². The minimum atomic E-state index is -0.936. The van der Waals surface area contributed by atoms with Crippen molar-refractivity contribution in [3.63, 3.8) is 0 Å². The highest BCUT2D eigenvalue weighted by atomic mass is 19.1. The molecule has 0 saturated carbocycles. The molecule has 41 heavy (non-hydrogen) atoms. The largest absolute Gasteiger partial charge is 0.491 e. The smallest absolute Gasteiger partial charge is 0.336 e. The van der Waals surface area contributed by atoms with E-state index >= 15 is 0 Å². The Hall–Kier alpha value is -4.29. The Morgan fingerprint density at radius 1 is 1.12 bits per heavy atom. The number of rotatable bonds is 13. The Labute approximate surface area is 237 Å². The van der Waals surface area contributed by atoms with Gasteiger partial charge in [0.25, 0.3) is 5.69 Å². The first-order chi connectivity index (χ1) is 19.5. The Morgan fingerprint density at radius 2 is 1.83 bits per heavy atom. The van der Waals surface area contributed by atoms with Crippen LogP contribution in [0.1, 0.15) is 37.3 Å². The van der Waals surface area contributed by atoms with Crippen molar-refractivity contribution in [1.82, 2.24) is 10.6 Å². The predicted molar refractivity (Wildman–Crippen MR) is 147 cm³/mol. The second-order valence-electron chi connectivity index (χ2n) is 9.55. The van der Waals surface area contributed by atoms with Gasteiger partial charge in [-0.2, -0.15) is 0 Å². The highest BCUT2D eigenvalue weighted by Gasteiger charge is 2.38. The van der Waals surface area contributed by atoms with Gasteiger partial charge < -0.3 is 30.0 Å². The normalized spacial score (nSPS) is 15.7. The fourth-order valence-electron chi connectivity index (χ4n) is 4.52. The van der Waals surface area contributed by atoms with Gasteiger partial charge in [-0.3, -0.25) is 10.1 Å². The summed E-state index contributed by atoms with van der Waals surface area (Å²) in [5.41, 5.74) is 2.04. The molecule has 2 aromatic carbocycles. The number of allylic oxidation sites excluding steroid dienone is 2. The molecule has 2 atom stereocenters. The average molecular weight is 572 g/mol. The number of nitrogens with one attached hydrogen (secondary N) is 2. The SMILES string of the molecule is COC(=O)C1=C(C)NC(C)=C(C(=O)OCCCNCC(O)COc2ccc(F)cc2C)C1c1cccc([N+](=O)[O-])c1. The molecule has 0 aliphatic carbocycles. The number of nitro benzene ring substituents is 1. The third kappa shape index (κ3) is 8.12. The van der Waals surface area contributed by atoms with E-state index in [2.05, 4.69) is 10.6 Å². The van der Waals surface area contributed by atoms with Crippen molar-refractivity contribution in [2.75, 3.05) is 33.4 Å². The van der Waals surface area contributed by atoms with E-state index in [-0.39, 0.29) is 42.4 Å². The van der Waals surface area contributed by atoms with Crippen molar-refractivity contribution in [3.8, 4) is 5.75 Å². The molecule has 0 radical (unpaired) electrons. The molecule has 0 amide bonds. The molecule has 1 heterocycles. The molecule has 3 N–H and O–H groups in total. The van der Waals surface area contributed by atoms with Crippen LogP contribution in [-0.4, -0.2) is 61.5 Å². The van der Waals surface area contributed by atoms with Gasteiger partial charge in [0.05, 0.1) is 35.7 Å². The van der Waals surface area contributed by atoms with Gasteiger partial charge in [0.2, 0.25) is 0 Å². The average Bonchev–Trinajstić information content (AvgIpc) is 2.93. The third-order valence-electron chi connectivity index (χ3n) is 6.48. The summed E-state index contributed by atoms with van der Waals surface area (Å²) in [5, 5.41) is 27.6. The number of ether oxygens (including phenoxy) is 3. The number of halogens is 1. The number of aliphatic hydroxyl groups excluding tert-OH is 1. The molecule has 2 unspecified atom stereocenters. The molecule has 11 nitrogen and oxygen atoms in total. The van der Waals surface area contributed by atoms with Gasteiger partial charge in [0, 0.05) is 30.1 Å². The van der Waals surface area contributed by atoms with Gasteiger partial charge in [-0.1, -0.05) is 12.1 Å². The Bertz CT molecular complexity index is 1360. The summed E-state index contributed by atoms with van der Waals surface area (Å²) in [7, 11) is 1.22. The number of nitrogens with zero attached hydrogens (tertiary/aromatic N) is 1. The number of hydrogen-bond acceptors (Lipinski definition) is 10. The molecule has 3 rings (SSSR count). The summed E-state index contributed by atoms with van der Waals surface area (Å²) in [6.07, 6.45) is -0.387. The van der Waals surface area contributed by atoms with E-state index < -0.39 is 28.9 Å². The molecule has 0 aromatic heterocycles. The lowest BCUT2D eigenvalue weighted by atomic mass is 9.80. The maximum absolute atomic E-state index is 13.3. The van der Waals surface area contributed by atoms with Gasteiger partial charge in [0.15, 0.2) is 0 Å². The van der Waals surface area contributed by atoms with E-state index in [1.807, 2.05) is 0 Å². The summed E-state index contributed by atoms with van der Waals surface area (Å²) in [6, 6.07) is 9.89. The zero-order valence-corrected chi connectivity index (χ0v) is 23.4. The first kappa shape index (κ1) is 31.2. The molecule has 0 fully saturated rings. The molecule has 2 aromatic rings. The van der Waals surface area contributed by atoms with Crippen LogP contribution in [0.5, 0.6) is 5.75 Å². The Morgan fingerprint density at radius 3 is 2.49 bits per heavy atom. The van der Waals surface area contributed by atoms with E-state index in [9.17, 15) is 29.2 Å². The first-order valence-corrected chi connectivity index (χ1v) is 13.0. The number of esters is 2. The van der Waals surface area contributed by atoms with Gasteiger partial charge in [-0.15, -0.1) is 0 Å². The second kappa shape index (κ2) is 14.4. The van der Waals surface area contributed by atoms with Crippen LogP contribution in [0.2, 0.25) is 0 Å². The minimum absolute atomic E-state index is 0.0173. The van der Waals surface area contributed by atoms with Crippen LogP contribution in [0.3, 0.4) is 0 Å². The summed E-state index contributed by atoms with van der Waals surface area (Å²) < 4.78 is 29.2. The van der Waals surface area contributed by atoms with E-state index in [4.69, 9.17) is 14.2 Å². The van der Waals surface area contributed by atoms with Crippen LogP contribution < -0.4 is 15.4 Å². The molecule has 12 heteroatoms. The lowest BCUT2D eigenvalue weighted by Gasteiger charge is -2.30. The molecular weight excluding hydrogens is 537 g/mol. The van der Waals surface area contributed by atoms with E-state index in [1.54, 1.807) is 26.8 Å². The van der Waals surface area contributed by atoms with E-state index in [1.165, 1.54) is 43.5 Å². The highest BCUT2D eigenvalue weighted by Crippen LogP contribution is 2.40. The van der Waals surface area contributed by atoms with Gasteiger partial charge in [-0.05, 0) is 63.1 Å². The lowest BCUT2D eigenvalue weighted by molar-refractivity contribution is -0.384. The Kier molecular flexibility index (Phi) is 11.0. The van der Waals surface area contributed by atoms with Crippen LogP contribution in [0.15, 0.2) is 65.0 Å². The van der Waals surface area contributed by atoms with E-state index in [0.29, 0.717) is 41.2 Å². The Balaban J connectivity index is 1.58. The molecule has 0 spiro atoms. The van der Waals surface area contributed by atoms with Crippen molar-refractivity contribution in [3.05, 3.63) is 92.1 Å². The van der Waals surface area contributed by atoms with Gasteiger partial charge in [-0.25, -0.2) is 14.0 Å². The number of aryl methyl sites for hydroxylation is 1. The maximum atomic E-state index is 13.3. The predicted octanol–water partition coefficient (Wildman–Crippen LogP) is 3.41. The number of aliphatic hydroxyl groups is 1. The number of benzene rings is 2. The third-order valence-corrected chi connectivity index (χ3v) is 6.48. The van der Waals surface area contributed by atoms with Gasteiger partial charge in [0.1, 0.15) is 24.3 Å². The summed E-state index contributed by atoms with van der Waals surface area (Å²) in [5.74, 6) is -2.16. The fourth-order valence-corrected chi connectivity index (χ4v) is 4.52. The van der Waals surface area contributed by atoms with Gasteiger partial charge >= 0.3 is 11.9 Å². The number of methoxy groups -OCH3 is 1. The van der Waals surface area contributed by atoms with E-state index in [0.717, 1.165) is 0 Å². The first-order valence-electron chi connectivity index (χ1n) is 13.0. The zero-order chi connectivity index (χ0) is 30.1. The molecule has 0 saturated heterocycles. The van der Waals surface area contributed by atoms with Crippen LogP contribution in [0.25, 0.3) is 0 Å². The fraction of sp³-hybridized carbons (Fsp3) is 0.379. The van der Waals surface area contributed by atoms with Crippen molar-refractivity contribution >= 4 is 17.6 Å². The standard InChI is InChI=1S/C29H34FN3O8/c1-17-13-21(30)9-10-24(17)41-16-23(34)15-31-11-6-12-40-29(36)26-19(3)32-18(2)25(28(35)39-4)27(26)20-7-5-8-22(14-20)33(37)38/h5,7-10,13-14,23,27,31-32,34H,6,11-12,15-16H2,1-4H3. The topological polar surface area (TPSA) is 149 Å². The van der Waals surface area contributed by atoms with Crippen LogP contribution in [-0.2, 0) is 19.1 Å².